The lowest BCUT2D eigenvalue weighted by atomic mass is 10.0. The van der Waals surface area contributed by atoms with Gasteiger partial charge in [0.1, 0.15) is 34.9 Å². The third kappa shape index (κ3) is 5.89. The minimum Gasteiger partial charge on any atom is -0.383 e. The second kappa shape index (κ2) is 12.1. The summed E-state index contributed by atoms with van der Waals surface area (Å²) in [4.78, 5) is 29.5. The van der Waals surface area contributed by atoms with Gasteiger partial charge in [0.05, 0.1) is 11.3 Å². The number of pyridine rings is 3. The summed E-state index contributed by atoms with van der Waals surface area (Å²) in [7, 11) is 0. The lowest BCUT2D eigenvalue weighted by Gasteiger charge is -2.32. The largest absolute Gasteiger partial charge is 0.383 e. The van der Waals surface area contributed by atoms with Crippen LogP contribution in [0.4, 0.5) is 16.0 Å². The second-order valence-corrected chi connectivity index (χ2v) is 10.8. The first kappa shape index (κ1) is 28.0. The van der Waals surface area contributed by atoms with Crippen molar-refractivity contribution in [2.45, 2.75) is 25.4 Å². The number of fused-ring (bicyclic) bond motifs is 1. The number of nitrogens with one attached hydrogen (secondary N) is 1. The predicted octanol–water partition coefficient (Wildman–Crippen LogP) is 5.00. The fourth-order valence-corrected chi connectivity index (χ4v) is 5.58. The Morgan fingerprint density at radius 2 is 1.76 bits per heavy atom. The van der Waals surface area contributed by atoms with E-state index in [1.54, 1.807) is 30.6 Å². The number of hydrogen-bond donors (Lipinski definition) is 2. The Morgan fingerprint density at radius 3 is 2.51 bits per heavy atom. The van der Waals surface area contributed by atoms with E-state index < -0.39 is 0 Å². The van der Waals surface area contributed by atoms with Crippen molar-refractivity contribution in [3.05, 3.63) is 103 Å². The molecule has 6 aromatic rings. The van der Waals surface area contributed by atoms with Crippen LogP contribution in [-0.4, -0.2) is 58.5 Å². The van der Waals surface area contributed by atoms with Gasteiger partial charge in [-0.2, -0.15) is 5.26 Å². The first-order valence-electron chi connectivity index (χ1n) is 14.6. The maximum Gasteiger partial charge on any atom is 0.234 e. The van der Waals surface area contributed by atoms with Crippen LogP contribution >= 0.6 is 0 Å². The molecular weight excluding hydrogens is 569 g/mol. The Balaban J connectivity index is 1.13. The average Bonchev–Trinajstić information content (AvgIpc) is 3.45. The fourth-order valence-electron chi connectivity index (χ4n) is 5.58. The SMILES string of the molecule is N#Cc1nccc(NC2CCN(Cc3ccc(-n4c(-c5cccnc5N)nc5ccc(-c6ccc(F)cc6)nc54)nc3)CC2)n1. The van der Waals surface area contributed by atoms with Crippen LogP contribution in [0.15, 0.2) is 85.3 Å². The highest BCUT2D eigenvalue weighted by Gasteiger charge is 2.22. The van der Waals surface area contributed by atoms with Crippen LogP contribution in [0.25, 0.3) is 39.6 Å². The molecule has 1 aromatic carbocycles. The normalized spacial score (nSPS) is 14.0. The highest BCUT2D eigenvalue weighted by molar-refractivity contribution is 5.84. The van der Waals surface area contributed by atoms with Gasteiger partial charge in [-0.25, -0.2) is 34.3 Å². The maximum absolute atomic E-state index is 13.6. The molecule has 0 amide bonds. The summed E-state index contributed by atoms with van der Waals surface area (Å²) in [6.45, 7) is 2.61. The molecule has 45 heavy (non-hydrogen) atoms. The van der Waals surface area contributed by atoms with Crippen LogP contribution in [0.2, 0.25) is 0 Å². The Morgan fingerprint density at radius 1 is 0.911 bits per heavy atom. The van der Waals surface area contributed by atoms with Crippen molar-refractivity contribution in [1.29, 1.82) is 5.26 Å². The summed E-state index contributed by atoms with van der Waals surface area (Å²) in [5.41, 5.74) is 10.8. The molecule has 0 saturated carbocycles. The van der Waals surface area contributed by atoms with Crippen molar-refractivity contribution in [2.75, 3.05) is 24.1 Å². The molecule has 5 aromatic heterocycles. The average molecular weight is 598 g/mol. The molecule has 11 nitrogen and oxygen atoms in total. The van der Waals surface area contributed by atoms with Gasteiger partial charge >= 0.3 is 0 Å². The Kier molecular flexibility index (Phi) is 7.51. The van der Waals surface area contributed by atoms with E-state index in [9.17, 15) is 4.39 Å². The molecule has 0 atom stereocenters. The first-order valence-corrected chi connectivity index (χ1v) is 14.6. The Labute approximate surface area is 258 Å². The molecule has 1 aliphatic rings. The number of aromatic nitrogens is 7. The third-order valence-electron chi connectivity index (χ3n) is 7.86. The number of piperidine rings is 1. The van der Waals surface area contributed by atoms with Gasteiger partial charge in [-0.3, -0.25) is 9.47 Å². The van der Waals surface area contributed by atoms with E-state index in [0.29, 0.717) is 45.7 Å². The van der Waals surface area contributed by atoms with Crippen LogP contribution < -0.4 is 11.1 Å². The molecule has 7 rings (SSSR count). The first-order chi connectivity index (χ1) is 22.0. The standard InChI is InChI=1S/C33H28FN11/c34-23-6-4-22(5-7-23)26-8-9-27-33(41-26)45(32(42-27)25-2-1-14-38-31(25)36)30-10-3-21(19-39-30)20-44-16-12-24(13-17-44)40-28-11-15-37-29(18-35)43-28/h1-11,14-15,19,24H,12-13,16-17,20H2,(H2,36,38)(H,37,40,43). The van der Waals surface area contributed by atoms with Crippen molar-refractivity contribution >= 4 is 22.8 Å². The highest BCUT2D eigenvalue weighted by Crippen LogP contribution is 2.31. The lowest BCUT2D eigenvalue weighted by Crippen LogP contribution is -2.38. The van der Waals surface area contributed by atoms with Gasteiger partial charge in [-0.15, -0.1) is 0 Å². The molecule has 0 spiro atoms. The summed E-state index contributed by atoms with van der Waals surface area (Å²) >= 11 is 0. The van der Waals surface area contributed by atoms with Crippen LogP contribution in [0.1, 0.15) is 24.2 Å². The topological polar surface area (TPSA) is 147 Å². The monoisotopic (exact) mass is 597 g/mol. The van der Waals surface area contributed by atoms with Crippen molar-refractivity contribution in [3.8, 4) is 34.5 Å². The summed E-state index contributed by atoms with van der Waals surface area (Å²) in [6.07, 6.45) is 7.04. The van der Waals surface area contributed by atoms with E-state index in [-0.39, 0.29) is 17.7 Å². The number of nitrogen functional groups attached to an aromatic ring is 1. The fraction of sp³-hybridized carbons (Fsp3) is 0.182. The van der Waals surface area contributed by atoms with Gasteiger partial charge in [0.25, 0.3) is 0 Å². The van der Waals surface area contributed by atoms with E-state index in [1.165, 1.54) is 12.1 Å². The highest BCUT2D eigenvalue weighted by atomic mass is 19.1. The molecule has 1 fully saturated rings. The summed E-state index contributed by atoms with van der Waals surface area (Å²) in [6, 6.07) is 21.8. The summed E-state index contributed by atoms with van der Waals surface area (Å²) in [5, 5.41) is 12.5. The Bertz CT molecular complexity index is 2010. The number of nitrogens with zero attached hydrogens (tertiary/aromatic N) is 9. The Hall–Kier alpha value is -5.80. The molecule has 12 heteroatoms. The van der Waals surface area contributed by atoms with E-state index in [4.69, 9.17) is 25.9 Å². The summed E-state index contributed by atoms with van der Waals surface area (Å²) in [5.74, 6) is 2.12. The van der Waals surface area contributed by atoms with Crippen molar-refractivity contribution < 1.29 is 4.39 Å². The number of hydrogen-bond acceptors (Lipinski definition) is 10. The molecule has 1 aliphatic heterocycles. The quantitative estimate of drug-likeness (QED) is 0.257. The van der Waals surface area contributed by atoms with E-state index in [2.05, 4.69) is 31.2 Å². The molecule has 1 saturated heterocycles. The van der Waals surface area contributed by atoms with Gasteiger partial charge in [0.15, 0.2) is 11.5 Å². The number of likely N-dealkylation sites (tertiary alicyclic amines) is 1. The van der Waals surface area contributed by atoms with E-state index in [1.807, 2.05) is 47.2 Å². The van der Waals surface area contributed by atoms with Crippen LogP contribution in [0.3, 0.4) is 0 Å². The van der Waals surface area contributed by atoms with Crippen molar-refractivity contribution in [3.63, 3.8) is 0 Å². The molecular formula is C33H28FN11. The molecule has 0 bridgehead atoms. The zero-order valence-corrected chi connectivity index (χ0v) is 24.2. The smallest absolute Gasteiger partial charge is 0.234 e. The number of rotatable bonds is 7. The number of benzene rings is 1. The zero-order valence-electron chi connectivity index (χ0n) is 24.2. The van der Waals surface area contributed by atoms with Gasteiger partial charge in [0.2, 0.25) is 5.82 Å². The second-order valence-electron chi connectivity index (χ2n) is 10.8. The molecule has 0 unspecified atom stereocenters. The number of anilines is 2. The lowest BCUT2D eigenvalue weighted by molar-refractivity contribution is 0.211. The van der Waals surface area contributed by atoms with Crippen molar-refractivity contribution in [2.24, 2.45) is 0 Å². The number of halogens is 1. The number of nitriles is 1. The third-order valence-corrected chi connectivity index (χ3v) is 7.86. The van der Waals surface area contributed by atoms with Crippen LogP contribution in [-0.2, 0) is 6.54 Å². The molecule has 222 valence electrons. The minimum absolute atomic E-state index is 0.164. The minimum atomic E-state index is -0.304. The summed E-state index contributed by atoms with van der Waals surface area (Å²) < 4.78 is 15.5. The van der Waals surface area contributed by atoms with Gasteiger partial charge in [-0.1, -0.05) is 6.07 Å². The van der Waals surface area contributed by atoms with Crippen molar-refractivity contribution in [1.82, 2.24) is 39.4 Å². The zero-order chi connectivity index (χ0) is 30.8. The molecule has 0 aliphatic carbocycles. The number of imidazole rings is 1. The van der Waals surface area contributed by atoms with Crippen LogP contribution in [0.5, 0.6) is 0 Å². The van der Waals surface area contributed by atoms with Crippen LogP contribution in [0, 0.1) is 17.1 Å². The van der Waals surface area contributed by atoms with Gasteiger partial charge in [-0.05, 0) is 79.1 Å². The van der Waals surface area contributed by atoms with E-state index in [0.717, 1.165) is 43.6 Å². The van der Waals surface area contributed by atoms with Gasteiger partial charge < -0.3 is 11.1 Å². The van der Waals surface area contributed by atoms with Gasteiger partial charge in [0, 0.05) is 49.8 Å². The molecule has 0 radical (unpaired) electrons. The predicted molar refractivity (Wildman–Crippen MR) is 168 cm³/mol. The number of nitrogens with two attached hydrogens (primary N) is 1. The molecule has 6 heterocycles. The molecule has 3 N–H and O–H groups in total. The maximum atomic E-state index is 13.6. The van der Waals surface area contributed by atoms with E-state index >= 15 is 0 Å².